The van der Waals surface area contributed by atoms with E-state index < -0.39 is 0 Å². The predicted octanol–water partition coefficient (Wildman–Crippen LogP) is 4.19. The first-order valence-electron chi connectivity index (χ1n) is 7.42. The first-order valence-corrected chi connectivity index (χ1v) is 7.42. The van der Waals surface area contributed by atoms with Crippen molar-refractivity contribution in [2.45, 2.75) is 45.6 Å². The fraction of sp³-hybridized carbons (Fsp3) is 0.562. The number of anilines is 1. The van der Waals surface area contributed by atoms with Gasteiger partial charge >= 0.3 is 0 Å². The molecule has 0 aliphatic heterocycles. The van der Waals surface area contributed by atoms with Crippen molar-refractivity contribution in [2.75, 3.05) is 5.32 Å². The number of H-pyrrole nitrogens is 1. The highest BCUT2D eigenvalue weighted by atomic mass is 15.1. The molecule has 1 heterocycles. The standard InChI is InChI=1S/C16H23N3/c1-11(2)12-5-3-7-14(9-12)18-15-8-4-6-13-10-17-19-16(13)15/h4,6,8,10-12,14,18H,3,5,7,9H2,1-2H3,(H,17,19). The van der Waals surface area contributed by atoms with Gasteiger partial charge in [-0.3, -0.25) is 5.10 Å². The number of aromatic amines is 1. The molecule has 2 aromatic rings. The minimum absolute atomic E-state index is 0.607. The summed E-state index contributed by atoms with van der Waals surface area (Å²) < 4.78 is 0. The normalized spacial score (nSPS) is 23.9. The molecule has 3 nitrogen and oxygen atoms in total. The molecule has 1 aliphatic carbocycles. The van der Waals surface area contributed by atoms with Crippen molar-refractivity contribution in [3.63, 3.8) is 0 Å². The maximum atomic E-state index is 4.13. The molecule has 1 aromatic carbocycles. The smallest absolute Gasteiger partial charge is 0.0881 e. The van der Waals surface area contributed by atoms with E-state index in [1.807, 2.05) is 6.20 Å². The van der Waals surface area contributed by atoms with Crippen LogP contribution >= 0.6 is 0 Å². The minimum Gasteiger partial charge on any atom is -0.381 e. The summed E-state index contributed by atoms with van der Waals surface area (Å²) in [5.74, 6) is 1.67. The Morgan fingerprint density at radius 1 is 1.32 bits per heavy atom. The number of para-hydroxylation sites is 1. The molecule has 102 valence electrons. The Morgan fingerprint density at radius 3 is 3.05 bits per heavy atom. The quantitative estimate of drug-likeness (QED) is 0.865. The van der Waals surface area contributed by atoms with Gasteiger partial charge in [-0.05, 0) is 30.7 Å². The Hall–Kier alpha value is -1.51. The fourth-order valence-corrected chi connectivity index (χ4v) is 3.27. The van der Waals surface area contributed by atoms with Crippen molar-refractivity contribution in [1.82, 2.24) is 10.2 Å². The van der Waals surface area contributed by atoms with Gasteiger partial charge in [0.2, 0.25) is 0 Å². The molecule has 2 atom stereocenters. The van der Waals surface area contributed by atoms with Gasteiger partial charge in [-0.1, -0.05) is 38.8 Å². The molecular weight excluding hydrogens is 234 g/mol. The van der Waals surface area contributed by atoms with E-state index in [2.05, 4.69) is 47.6 Å². The highest BCUT2D eigenvalue weighted by Crippen LogP contribution is 2.32. The second kappa shape index (κ2) is 5.24. The number of nitrogens with one attached hydrogen (secondary N) is 2. The van der Waals surface area contributed by atoms with E-state index in [0.29, 0.717) is 6.04 Å². The number of fused-ring (bicyclic) bond motifs is 1. The summed E-state index contributed by atoms with van der Waals surface area (Å²) in [4.78, 5) is 0. The lowest BCUT2D eigenvalue weighted by Crippen LogP contribution is -2.29. The molecule has 2 unspecified atom stereocenters. The van der Waals surface area contributed by atoms with Crippen molar-refractivity contribution in [1.29, 1.82) is 0 Å². The Morgan fingerprint density at radius 2 is 2.21 bits per heavy atom. The third-order valence-corrected chi connectivity index (χ3v) is 4.49. The molecule has 0 radical (unpaired) electrons. The number of rotatable bonds is 3. The lowest BCUT2D eigenvalue weighted by Gasteiger charge is -2.32. The molecule has 19 heavy (non-hydrogen) atoms. The van der Waals surface area contributed by atoms with Gasteiger partial charge in [0.25, 0.3) is 0 Å². The van der Waals surface area contributed by atoms with Crippen LogP contribution in [0.5, 0.6) is 0 Å². The average Bonchev–Trinajstić information content (AvgIpc) is 2.88. The summed E-state index contributed by atoms with van der Waals surface area (Å²) in [6.07, 6.45) is 7.21. The van der Waals surface area contributed by atoms with Crippen molar-refractivity contribution in [3.8, 4) is 0 Å². The van der Waals surface area contributed by atoms with Crippen LogP contribution in [0.4, 0.5) is 5.69 Å². The van der Waals surface area contributed by atoms with Crippen LogP contribution in [0.3, 0.4) is 0 Å². The lowest BCUT2D eigenvalue weighted by molar-refractivity contribution is 0.264. The van der Waals surface area contributed by atoms with Crippen LogP contribution in [0.15, 0.2) is 24.4 Å². The van der Waals surface area contributed by atoms with E-state index in [0.717, 1.165) is 17.4 Å². The van der Waals surface area contributed by atoms with E-state index >= 15 is 0 Å². The Labute approximate surface area is 114 Å². The monoisotopic (exact) mass is 257 g/mol. The van der Waals surface area contributed by atoms with Crippen LogP contribution in [-0.4, -0.2) is 16.2 Å². The van der Waals surface area contributed by atoms with Crippen LogP contribution in [0, 0.1) is 11.8 Å². The minimum atomic E-state index is 0.607. The molecule has 0 spiro atoms. The first-order chi connectivity index (χ1) is 9.24. The van der Waals surface area contributed by atoms with Gasteiger partial charge < -0.3 is 5.32 Å². The Bertz CT molecular complexity index is 544. The molecule has 1 aromatic heterocycles. The topological polar surface area (TPSA) is 40.7 Å². The molecular formula is C16H23N3. The second-order valence-corrected chi connectivity index (χ2v) is 6.15. The van der Waals surface area contributed by atoms with Crippen molar-refractivity contribution in [2.24, 2.45) is 11.8 Å². The fourth-order valence-electron chi connectivity index (χ4n) is 3.27. The van der Waals surface area contributed by atoms with Gasteiger partial charge in [0.1, 0.15) is 0 Å². The summed E-state index contributed by atoms with van der Waals surface area (Å²) in [5, 5.41) is 12.1. The highest BCUT2D eigenvalue weighted by molar-refractivity contribution is 5.89. The molecule has 0 bridgehead atoms. The zero-order valence-electron chi connectivity index (χ0n) is 11.8. The van der Waals surface area contributed by atoms with Crippen LogP contribution in [0.2, 0.25) is 0 Å². The summed E-state index contributed by atoms with van der Waals surface area (Å²) >= 11 is 0. The van der Waals surface area contributed by atoms with Crippen molar-refractivity contribution < 1.29 is 0 Å². The molecule has 2 N–H and O–H groups in total. The van der Waals surface area contributed by atoms with Gasteiger partial charge in [0, 0.05) is 11.4 Å². The molecule has 0 amide bonds. The Kier molecular flexibility index (Phi) is 3.45. The summed E-state index contributed by atoms with van der Waals surface area (Å²) in [7, 11) is 0. The highest BCUT2D eigenvalue weighted by Gasteiger charge is 2.24. The number of hydrogen-bond acceptors (Lipinski definition) is 2. The molecule has 3 rings (SSSR count). The number of hydrogen-bond donors (Lipinski definition) is 2. The SMILES string of the molecule is CC(C)C1CCCC(Nc2cccc3cn[nH]c23)C1. The van der Waals surface area contributed by atoms with Crippen LogP contribution < -0.4 is 5.32 Å². The van der Waals surface area contributed by atoms with Gasteiger partial charge in [-0.15, -0.1) is 0 Å². The van der Waals surface area contributed by atoms with E-state index in [9.17, 15) is 0 Å². The zero-order chi connectivity index (χ0) is 13.2. The zero-order valence-corrected chi connectivity index (χ0v) is 11.8. The van der Waals surface area contributed by atoms with E-state index in [1.54, 1.807) is 0 Å². The number of nitrogens with zero attached hydrogens (tertiary/aromatic N) is 1. The maximum absolute atomic E-state index is 4.13. The Balaban J connectivity index is 1.75. The van der Waals surface area contributed by atoms with Crippen LogP contribution in [-0.2, 0) is 0 Å². The summed E-state index contributed by atoms with van der Waals surface area (Å²) in [5.41, 5.74) is 2.33. The average molecular weight is 257 g/mol. The first kappa shape index (κ1) is 12.5. The van der Waals surface area contributed by atoms with Crippen LogP contribution in [0.1, 0.15) is 39.5 Å². The van der Waals surface area contributed by atoms with E-state index in [-0.39, 0.29) is 0 Å². The van der Waals surface area contributed by atoms with E-state index in [1.165, 1.54) is 36.8 Å². The van der Waals surface area contributed by atoms with Gasteiger partial charge in [-0.25, -0.2) is 0 Å². The summed E-state index contributed by atoms with van der Waals surface area (Å²) in [6, 6.07) is 6.96. The lowest BCUT2D eigenvalue weighted by atomic mass is 9.79. The number of benzene rings is 1. The maximum Gasteiger partial charge on any atom is 0.0881 e. The summed E-state index contributed by atoms with van der Waals surface area (Å²) in [6.45, 7) is 4.70. The van der Waals surface area contributed by atoms with Crippen molar-refractivity contribution in [3.05, 3.63) is 24.4 Å². The molecule has 1 aliphatic rings. The number of aromatic nitrogens is 2. The molecule has 3 heteroatoms. The van der Waals surface area contributed by atoms with Crippen LogP contribution in [0.25, 0.3) is 10.9 Å². The predicted molar refractivity (Wildman–Crippen MR) is 80.3 cm³/mol. The van der Waals surface area contributed by atoms with Gasteiger partial charge in [0.15, 0.2) is 0 Å². The molecule has 0 saturated heterocycles. The van der Waals surface area contributed by atoms with Gasteiger partial charge in [-0.2, -0.15) is 5.10 Å². The van der Waals surface area contributed by atoms with E-state index in [4.69, 9.17) is 0 Å². The van der Waals surface area contributed by atoms with Gasteiger partial charge in [0.05, 0.1) is 17.4 Å². The molecule has 1 fully saturated rings. The molecule has 1 saturated carbocycles. The largest absolute Gasteiger partial charge is 0.381 e. The third kappa shape index (κ3) is 2.60. The van der Waals surface area contributed by atoms with Crippen molar-refractivity contribution >= 4 is 16.6 Å². The third-order valence-electron chi connectivity index (χ3n) is 4.49. The second-order valence-electron chi connectivity index (χ2n) is 6.15.